The minimum atomic E-state index is -2.65. The molecule has 2 fully saturated rings. The number of nitrogens with one attached hydrogen (secondary N) is 1. The second kappa shape index (κ2) is 5.79. The van der Waals surface area contributed by atoms with Gasteiger partial charge in [0.05, 0.1) is 12.0 Å². The fraction of sp³-hybridized carbons (Fsp3) is 0.471. The molecule has 4 rings (SSSR count). The predicted octanol–water partition coefficient (Wildman–Crippen LogP) is 2.80. The molecule has 1 atom stereocenters. The van der Waals surface area contributed by atoms with Gasteiger partial charge in [-0.3, -0.25) is 4.79 Å². The highest BCUT2D eigenvalue weighted by atomic mass is 19.3. The van der Waals surface area contributed by atoms with Crippen molar-refractivity contribution in [3.63, 3.8) is 0 Å². The molecule has 1 saturated heterocycles. The summed E-state index contributed by atoms with van der Waals surface area (Å²) in [5, 5.41) is 10.6. The molecule has 6 nitrogen and oxygen atoms in total. The van der Waals surface area contributed by atoms with Crippen molar-refractivity contribution in [3.8, 4) is 11.5 Å². The van der Waals surface area contributed by atoms with E-state index in [4.69, 9.17) is 4.42 Å². The van der Waals surface area contributed by atoms with Gasteiger partial charge in [0, 0.05) is 25.1 Å². The lowest BCUT2D eigenvalue weighted by atomic mass is 9.64. The maximum absolute atomic E-state index is 13.8. The highest BCUT2D eigenvalue weighted by Crippen LogP contribution is 2.58. The standard InChI is InChI=1S/C17H18F2N4O2/c18-17(19)7-6-16(17)8-9-23(11-16)13(24)10-20-15-22-21-14(25-15)12-4-2-1-3-5-12/h1-5H,6-11H2,(H,20,22). The lowest BCUT2D eigenvalue weighted by molar-refractivity contribution is -0.195. The van der Waals surface area contributed by atoms with Gasteiger partial charge in [-0.1, -0.05) is 23.3 Å². The second-order valence-electron chi connectivity index (χ2n) is 6.68. The minimum absolute atomic E-state index is 0.0575. The van der Waals surface area contributed by atoms with E-state index >= 15 is 0 Å². The van der Waals surface area contributed by atoms with Crippen LogP contribution in [0.3, 0.4) is 0 Å². The first-order valence-corrected chi connectivity index (χ1v) is 8.28. The highest BCUT2D eigenvalue weighted by molar-refractivity contribution is 5.80. The van der Waals surface area contributed by atoms with Gasteiger partial charge in [0.2, 0.25) is 11.8 Å². The number of rotatable bonds is 4. The Morgan fingerprint density at radius 3 is 2.64 bits per heavy atom. The Morgan fingerprint density at radius 1 is 1.20 bits per heavy atom. The van der Waals surface area contributed by atoms with E-state index in [-0.39, 0.29) is 31.4 Å². The number of hydrogen-bond acceptors (Lipinski definition) is 5. The van der Waals surface area contributed by atoms with Gasteiger partial charge in [-0.25, -0.2) is 8.78 Å². The molecule has 1 saturated carbocycles. The zero-order valence-electron chi connectivity index (χ0n) is 13.5. The lowest BCUT2D eigenvalue weighted by Gasteiger charge is -2.46. The molecule has 0 bridgehead atoms. The van der Waals surface area contributed by atoms with E-state index < -0.39 is 11.3 Å². The summed E-state index contributed by atoms with van der Waals surface area (Å²) >= 11 is 0. The van der Waals surface area contributed by atoms with Crippen molar-refractivity contribution in [1.29, 1.82) is 0 Å². The number of amides is 1. The number of halogens is 2. The van der Waals surface area contributed by atoms with Gasteiger partial charge in [0.1, 0.15) is 0 Å². The van der Waals surface area contributed by atoms with E-state index in [2.05, 4.69) is 15.5 Å². The van der Waals surface area contributed by atoms with E-state index in [1.807, 2.05) is 30.3 Å². The Hall–Kier alpha value is -2.51. The summed E-state index contributed by atoms with van der Waals surface area (Å²) in [6.45, 7) is 0.437. The van der Waals surface area contributed by atoms with Gasteiger partial charge in [-0.05, 0) is 25.0 Å². The Morgan fingerprint density at radius 2 is 2.00 bits per heavy atom. The van der Waals surface area contributed by atoms with Crippen LogP contribution in [-0.2, 0) is 4.79 Å². The normalized spacial score (nSPS) is 24.3. The van der Waals surface area contributed by atoms with Gasteiger partial charge in [-0.15, -0.1) is 5.10 Å². The third-order valence-corrected chi connectivity index (χ3v) is 5.24. The number of benzene rings is 1. The van der Waals surface area contributed by atoms with Crippen molar-refractivity contribution in [2.75, 3.05) is 25.0 Å². The summed E-state index contributed by atoms with van der Waals surface area (Å²) in [4.78, 5) is 13.8. The predicted molar refractivity (Wildman–Crippen MR) is 86.0 cm³/mol. The molecule has 2 aliphatic rings. The molecular weight excluding hydrogens is 330 g/mol. The number of alkyl halides is 2. The van der Waals surface area contributed by atoms with Crippen LogP contribution in [0.5, 0.6) is 0 Å². The molecule has 1 aromatic heterocycles. The van der Waals surface area contributed by atoms with Crippen LogP contribution in [0.15, 0.2) is 34.7 Å². The zero-order valence-corrected chi connectivity index (χ0v) is 13.5. The number of nitrogens with zero attached hydrogens (tertiary/aromatic N) is 3. The molecule has 0 radical (unpaired) electrons. The molecule has 1 spiro atoms. The van der Waals surface area contributed by atoms with Crippen LogP contribution in [0.1, 0.15) is 19.3 Å². The topological polar surface area (TPSA) is 71.3 Å². The fourth-order valence-electron chi connectivity index (χ4n) is 3.51. The van der Waals surface area contributed by atoms with Crippen LogP contribution >= 0.6 is 0 Å². The van der Waals surface area contributed by atoms with Gasteiger partial charge in [-0.2, -0.15) is 0 Å². The summed E-state index contributed by atoms with van der Waals surface area (Å²) in [7, 11) is 0. The van der Waals surface area contributed by atoms with Crippen molar-refractivity contribution >= 4 is 11.9 Å². The first-order chi connectivity index (χ1) is 12.0. The van der Waals surface area contributed by atoms with Crippen molar-refractivity contribution in [3.05, 3.63) is 30.3 Å². The molecule has 1 unspecified atom stereocenters. The summed E-state index contributed by atoms with van der Waals surface area (Å²) in [5.41, 5.74) is -0.226. The Bertz CT molecular complexity index is 780. The van der Waals surface area contributed by atoms with Crippen LogP contribution in [-0.4, -0.2) is 46.6 Å². The van der Waals surface area contributed by atoms with Crippen molar-refractivity contribution in [1.82, 2.24) is 15.1 Å². The molecule has 8 heteroatoms. The average molecular weight is 348 g/mol. The van der Waals surface area contributed by atoms with E-state index in [1.54, 1.807) is 0 Å². The summed E-state index contributed by atoms with van der Waals surface area (Å²) < 4.78 is 33.0. The largest absolute Gasteiger partial charge is 0.403 e. The van der Waals surface area contributed by atoms with Crippen molar-refractivity contribution in [2.45, 2.75) is 25.2 Å². The molecule has 1 aromatic carbocycles. The number of carbonyl (C=O) groups excluding carboxylic acids is 1. The molecule has 132 valence electrons. The number of hydrogen-bond donors (Lipinski definition) is 1. The molecule has 2 heterocycles. The Labute approximate surface area is 143 Å². The number of anilines is 1. The number of likely N-dealkylation sites (tertiary alicyclic amines) is 1. The molecule has 1 N–H and O–H groups in total. The van der Waals surface area contributed by atoms with Crippen molar-refractivity contribution in [2.24, 2.45) is 5.41 Å². The SMILES string of the molecule is O=C(CNc1nnc(-c2ccccc2)o1)N1CCC2(CCC2(F)F)C1. The van der Waals surface area contributed by atoms with Crippen molar-refractivity contribution < 1.29 is 18.0 Å². The van der Waals surface area contributed by atoms with Crippen LogP contribution in [0.2, 0.25) is 0 Å². The second-order valence-corrected chi connectivity index (χ2v) is 6.68. The maximum Gasteiger partial charge on any atom is 0.316 e. The van der Waals surface area contributed by atoms with E-state index in [1.165, 1.54) is 4.90 Å². The molecule has 1 aliphatic carbocycles. The highest BCUT2D eigenvalue weighted by Gasteiger charge is 2.64. The van der Waals surface area contributed by atoms with Crippen LogP contribution in [0, 0.1) is 5.41 Å². The maximum atomic E-state index is 13.8. The van der Waals surface area contributed by atoms with Gasteiger partial charge < -0.3 is 14.6 Å². The first kappa shape index (κ1) is 16.0. The van der Waals surface area contributed by atoms with E-state index in [0.29, 0.717) is 25.3 Å². The number of aromatic nitrogens is 2. The summed E-state index contributed by atoms with van der Waals surface area (Å²) in [6.07, 6.45) is 0.781. The fourth-order valence-corrected chi connectivity index (χ4v) is 3.51. The third kappa shape index (κ3) is 2.75. The summed E-state index contributed by atoms with van der Waals surface area (Å²) in [5.74, 6) is -2.53. The average Bonchev–Trinajstić information content (AvgIpc) is 3.28. The zero-order chi connectivity index (χ0) is 17.5. The third-order valence-electron chi connectivity index (χ3n) is 5.24. The smallest absolute Gasteiger partial charge is 0.316 e. The molecule has 2 aromatic rings. The number of carbonyl (C=O) groups is 1. The Balaban J connectivity index is 1.33. The van der Waals surface area contributed by atoms with E-state index in [0.717, 1.165) is 5.56 Å². The first-order valence-electron chi connectivity index (χ1n) is 8.28. The monoisotopic (exact) mass is 348 g/mol. The quantitative estimate of drug-likeness (QED) is 0.920. The molecule has 25 heavy (non-hydrogen) atoms. The van der Waals surface area contributed by atoms with E-state index in [9.17, 15) is 13.6 Å². The van der Waals surface area contributed by atoms with Gasteiger partial charge in [0.25, 0.3) is 5.92 Å². The van der Waals surface area contributed by atoms with Gasteiger partial charge in [0.15, 0.2) is 0 Å². The van der Waals surface area contributed by atoms with Gasteiger partial charge >= 0.3 is 6.01 Å². The lowest BCUT2D eigenvalue weighted by Crippen LogP contribution is -2.53. The molecular formula is C17H18F2N4O2. The molecule has 1 amide bonds. The Kier molecular flexibility index (Phi) is 3.70. The summed E-state index contributed by atoms with van der Waals surface area (Å²) in [6, 6.07) is 9.41. The van der Waals surface area contributed by atoms with Crippen LogP contribution < -0.4 is 5.32 Å². The van der Waals surface area contributed by atoms with Crippen LogP contribution in [0.25, 0.3) is 11.5 Å². The minimum Gasteiger partial charge on any atom is -0.403 e. The van der Waals surface area contributed by atoms with Crippen LogP contribution in [0.4, 0.5) is 14.8 Å². The molecule has 1 aliphatic heterocycles.